The van der Waals surface area contributed by atoms with E-state index < -0.39 is 0 Å². The van der Waals surface area contributed by atoms with Gasteiger partial charge in [-0.25, -0.2) is 0 Å². The van der Waals surface area contributed by atoms with Gasteiger partial charge in [0.25, 0.3) is 11.8 Å². The molecule has 0 aliphatic heterocycles. The van der Waals surface area contributed by atoms with Gasteiger partial charge in [-0.15, -0.1) is 0 Å². The minimum absolute atomic E-state index is 0.0806. The zero-order valence-electron chi connectivity index (χ0n) is 14.5. The molecule has 25 heavy (non-hydrogen) atoms. The van der Waals surface area contributed by atoms with Gasteiger partial charge in [0.15, 0.2) is 6.61 Å². The highest BCUT2D eigenvalue weighted by atomic mass is 16.5. The molecule has 2 amide bonds. The maximum absolute atomic E-state index is 12.1. The van der Waals surface area contributed by atoms with Crippen molar-refractivity contribution >= 4 is 17.5 Å². The number of carbonyl (C=O) groups is 2. The molecular formula is C20H22N2O3. The summed E-state index contributed by atoms with van der Waals surface area (Å²) in [6.45, 7) is 3.88. The highest BCUT2D eigenvalue weighted by molar-refractivity contribution is 5.97. The summed E-state index contributed by atoms with van der Waals surface area (Å²) in [5.41, 5.74) is 3.26. The zero-order valence-corrected chi connectivity index (χ0v) is 14.5. The van der Waals surface area contributed by atoms with Crippen LogP contribution in [0.2, 0.25) is 0 Å². The lowest BCUT2D eigenvalue weighted by atomic mass is 10.1. The molecule has 0 bridgehead atoms. The largest absolute Gasteiger partial charge is 0.483 e. The summed E-state index contributed by atoms with van der Waals surface area (Å²) >= 11 is 0. The summed E-state index contributed by atoms with van der Waals surface area (Å²) in [7, 11) is 0. The zero-order chi connectivity index (χ0) is 17.8. The van der Waals surface area contributed by atoms with Gasteiger partial charge in [-0.1, -0.05) is 18.2 Å². The summed E-state index contributed by atoms with van der Waals surface area (Å²) < 4.78 is 5.60. The van der Waals surface area contributed by atoms with E-state index in [-0.39, 0.29) is 18.4 Å². The first-order valence-corrected chi connectivity index (χ1v) is 8.43. The highest BCUT2D eigenvalue weighted by Crippen LogP contribution is 2.21. The van der Waals surface area contributed by atoms with Crippen LogP contribution in [0.4, 0.5) is 5.69 Å². The van der Waals surface area contributed by atoms with Crippen LogP contribution in [0.1, 0.15) is 34.3 Å². The van der Waals surface area contributed by atoms with Crippen LogP contribution >= 0.6 is 0 Å². The Morgan fingerprint density at radius 1 is 1.12 bits per heavy atom. The third-order valence-electron chi connectivity index (χ3n) is 4.23. The lowest BCUT2D eigenvalue weighted by molar-refractivity contribution is -0.118. The van der Waals surface area contributed by atoms with Crippen LogP contribution in [0.15, 0.2) is 42.5 Å². The SMILES string of the molecule is Cc1cccc(OCC(=O)Nc2cccc(C(=O)NC3CC3)c2)c1C. The van der Waals surface area contributed by atoms with E-state index in [2.05, 4.69) is 10.6 Å². The molecule has 0 atom stereocenters. The van der Waals surface area contributed by atoms with E-state index in [9.17, 15) is 9.59 Å². The van der Waals surface area contributed by atoms with Crippen LogP contribution in [-0.2, 0) is 4.79 Å². The molecule has 130 valence electrons. The van der Waals surface area contributed by atoms with E-state index in [1.807, 2.05) is 32.0 Å². The number of carbonyl (C=O) groups excluding carboxylic acids is 2. The van der Waals surface area contributed by atoms with Gasteiger partial charge in [-0.3, -0.25) is 9.59 Å². The molecule has 2 aromatic rings. The Hall–Kier alpha value is -2.82. The second kappa shape index (κ2) is 7.38. The predicted octanol–water partition coefficient (Wildman–Crippen LogP) is 3.21. The molecule has 3 rings (SSSR count). The fraction of sp³-hybridized carbons (Fsp3) is 0.300. The average molecular weight is 338 g/mol. The fourth-order valence-electron chi connectivity index (χ4n) is 2.46. The lowest BCUT2D eigenvalue weighted by Crippen LogP contribution is -2.25. The van der Waals surface area contributed by atoms with E-state index in [1.165, 1.54) is 0 Å². The molecular weight excluding hydrogens is 316 g/mol. The first-order valence-electron chi connectivity index (χ1n) is 8.43. The Bertz CT molecular complexity index is 797. The topological polar surface area (TPSA) is 67.4 Å². The van der Waals surface area contributed by atoms with Crippen LogP contribution in [0.5, 0.6) is 5.75 Å². The summed E-state index contributed by atoms with van der Waals surface area (Å²) in [4.78, 5) is 24.2. The summed E-state index contributed by atoms with van der Waals surface area (Å²) in [6, 6.07) is 13.0. The second-order valence-electron chi connectivity index (χ2n) is 6.36. The molecule has 0 unspecified atom stereocenters. The molecule has 2 N–H and O–H groups in total. The maximum atomic E-state index is 12.1. The molecule has 0 aromatic heterocycles. The van der Waals surface area contributed by atoms with Gasteiger partial charge in [-0.2, -0.15) is 0 Å². The van der Waals surface area contributed by atoms with E-state index in [0.29, 0.717) is 23.0 Å². The standard InChI is InChI=1S/C20H22N2O3/c1-13-5-3-8-18(14(13)2)25-12-19(23)21-17-7-4-6-15(11-17)20(24)22-16-9-10-16/h3-8,11,16H,9-10,12H2,1-2H3,(H,21,23)(H,22,24). The molecule has 1 aliphatic rings. The normalized spacial score (nSPS) is 13.2. The second-order valence-corrected chi connectivity index (χ2v) is 6.36. The first kappa shape index (κ1) is 17.0. The first-order chi connectivity index (χ1) is 12.0. The van der Waals surface area contributed by atoms with Crippen molar-refractivity contribution in [2.24, 2.45) is 0 Å². The van der Waals surface area contributed by atoms with Gasteiger partial charge in [0.1, 0.15) is 5.75 Å². The number of ether oxygens (including phenoxy) is 1. The number of rotatable bonds is 6. The van der Waals surface area contributed by atoms with Crippen molar-refractivity contribution in [3.05, 3.63) is 59.2 Å². The van der Waals surface area contributed by atoms with E-state index in [1.54, 1.807) is 24.3 Å². The Morgan fingerprint density at radius 2 is 1.88 bits per heavy atom. The van der Waals surface area contributed by atoms with E-state index in [4.69, 9.17) is 4.74 Å². The van der Waals surface area contributed by atoms with Crippen molar-refractivity contribution < 1.29 is 14.3 Å². The summed E-state index contributed by atoms with van der Waals surface area (Å²) in [5.74, 6) is 0.332. The highest BCUT2D eigenvalue weighted by Gasteiger charge is 2.23. The van der Waals surface area contributed by atoms with Gasteiger partial charge in [-0.05, 0) is 62.1 Å². The van der Waals surface area contributed by atoms with Crippen molar-refractivity contribution in [2.45, 2.75) is 32.7 Å². The van der Waals surface area contributed by atoms with Gasteiger partial charge >= 0.3 is 0 Å². The Morgan fingerprint density at radius 3 is 2.64 bits per heavy atom. The van der Waals surface area contributed by atoms with Gasteiger partial charge in [0, 0.05) is 17.3 Å². The molecule has 2 aromatic carbocycles. The number of anilines is 1. The minimum Gasteiger partial charge on any atom is -0.483 e. The molecule has 0 spiro atoms. The molecule has 5 nitrogen and oxygen atoms in total. The van der Waals surface area contributed by atoms with Crippen LogP contribution in [0.25, 0.3) is 0 Å². The van der Waals surface area contributed by atoms with Crippen molar-refractivity contribution in [2.75, 3.05) is 11.9 Å². The van der Waals surface area contributed by atoms with Crippen molar-refractivity contribution in [1.82, 2.24) is 5.32 Å². The molecule has 0 radical (unpaired) electrons. The predicted molar refractivity (Wildman–Crippen MR) is 97.0 cm³/mol. The third kappa shape index (κ3) is 4.59. The van der Waals surface area contributed by atoms with Gasteiger partial charge in [0.2, 0.25) is 0 Å². The van der Waals surface area contributed by atoms with Crippen LogP contribution in [0.3, 0.4) is 0 Å². The Kier molecular flexibility index (Phi) is 5.03. The average Bonchev–Trinajstić information content (AvgIpc) is 3.40. The number of nitrogens with one attached hydrogen (secondary N) is 2. The molecule has 5 heteroatoms. The number of amides is 2. The van der Waals surface area contributed by atoms with Crippen molar-refractivity contribution in [3.63, 3.8) is 0 Å². The molecule has 1 saturated carbocycles. The van der Waals surface area contributed by atoms with E-state index >= 15 is 0 Å². The monoisotopic (exact) mass is 338 g/mol. The smallest absolute Gasteiger partial charge is 0.262 e. The minimum atomic E-state index is -0.263. The fourth-order valence-corrected chi connectivity index (χ4v) is 2.46. The summed E-state index contributed by atoms with van der Waals surface area (Å²) in [6.07, 6.45) is 2.08. The van der Waals surface area contributed by atoms with Crippen LogP contribution in [-0.4, -0.2) is 24.5 Å². The summed E-state index contributed by atoms with van der Waals surface area (Å²) in [5, 5.41) is 5.70. The van der Waals surface area contributed by atoms with Crippen LogP contribution < -0.4 is 15.4 Å². The van der Waals surface area contributed by atoms with Gasteiger partial charge in [0.05, 0.1) is 0 Å². The number of hydrogen-bond donors (Lipinski definition) is 2. The molecule has 1 aliphatic carbocycles. The molecule has 0 saturated heterocycles. The Labute approximate surface area is 147 Å². The van der Waals surface area contributed by atoms with E-state index in [0.717, 1.165) is 24.0 Å². The third-order valence-corrected chi connectivity index (χ3v) is 4.23. The van der Waals surface area contributed by atoms with Gasteiger partial charge < -0.3 is 15.4 Å². The number of aryl methyl sites for hydroxylation is 1. The van der Waals surface area contributed by atoms with Crippen molar-refractivity contribution in [1.29, 1.82) is 0 Å². The van der Waals surface area contributed by atoms with Crippen LogP contribution in [0, 0.1) is 13.8 Å². The number of hydrogen-bond acceptors (Lipinski definition) is 3. The quantitative estimate of drug-likeness (QED) is 0.850. The lowest BCUT2D eigenvalue weighted by Gasteiger charge is -2.11. The molecule has 1 fully saturated rings. The number of benzene rings is 2. The molecule has 0 heterocycles. The maximum Gasteiger partial charge on any atom is 0.262 e. The van der Waals surface area contributed by atoms with Crippen molar-refractivity contribution in [3.8, 4) is 5.75 Å². The Balaban J connectivity index is 1.57.